The Labute approximate surface area is 121 Å². The van der Waals surface area contributed by atoms with Crippen molar-refractivity contribution >= 4 is 23.1 Å². The van der Waals surface area contributed by atoms with Gasteiger partial charge in [-0.05, 0) is 35.9 Å². The standard InChI is InChI=1S/C17H13NO3/c1-20-13-6-4-5-12(11-13)9-10-16-18-17(19)14-7-2-3-8-15(14)21-16/h2-11H,1H3. The summed E-state index contributed by atoms with van der Waals surface area (Å²) in [6.07, 6.45) is 3.49. The Kier molecular flexibility index (Phi) is 3.51. The van der Waals surface area contributed by atoms with Gasteiger partial charge in [-0.15, -0.1) is 0 Å². The summed E-state index contributed by atoms with van der Waals surface area (Å²) in [5.41, 5.74) is 1.18. The third-order valence-electron chi connectivity index (χ3n) is 3.06. The lowest BCUT2D eigenvalue weighted by molar-refractivity contribution is 0.414. The zero-order valence-corrected chi connectivity index (χ0v) is 11.4. The Morgan fingerprint density at radius 2 is 1.95 bits per heavy atom. The van der Waals surface area contributed by atoms with Crippen LogP contribution < -0.4 is 10.3 Å². The molecule has 0 aliphatic rings. The highest BCUT2D eigenvalue weighted by Crippen LogP contribution is 2.16. The number of hydrogen-bond acceptors (Lipinski definition) is 4. The molecule has 0 aliphatic heterocycles. The Morgan fingerprint density at radius 3 is 2.81 bits per heavy atom. The van der Waals surface area contributed by atoms with Crippen LogP contribution in [0.4, 0.5) is 0 Å². The molecular weight excluding hydrogens is 266 g/mol. The second-order valence-electron chi connectivity index (χ2n) is 4.46. The lowest BCUT2D eigenvalue weighted by atomic mass is 10.2. The fourth-order valence-electron chi connectivity index (χ4n) is 2.01. The summed E-state index contributed by atoms with van der Waals surface area (Å²) in [4.78, 5) is 15.8. The van der Waals surface area contributed by atoms with Crippen LogP contribution in [0.25, 0.3) is 23.1 Å². The van der Waals surface area contributed by atoms with Crippen molar-refractivity contribution in [2.24, 2.45) is 0 Å². The molecule has 0 atom stereocenters. The maximum atomic E-state index is 11.9. The summed E-state index contributed by atoms with van der Waals surface area (Å²) in [5, 5.41) is 0.482. The van der Waals surface area contributed by atoms with Crippen LogP contribution in [0.15, 0.2) is 57.7 Å². The molecule has 0 radical (unpaired) electrons. The van der Waals surface area contributed by atoms with Gasteiger partial charge in [-0.1, -0.05) is 24.3 Å². The Bertz CT molecular complexity index is 865. The van der Waals surface area contributed by atoms with Gasteiger partial charge in [0, 0.05) is 6.08 Å². The Morgan fingerprint density at radius 1 is 1.10 bits per heavy atom. The van der Waals surface area contributed by atoms with E-state index in [1.165, 1.54) is 0 Å². The molecule has 2 aromatic carbocycles. The first kappa shape index (κ1) is 13.1. The SMILES string of the molecule is COc1cccc(C=Cc2nc(=O)c3ccccc3o2)c1. The third-order valence-corrected chi connectivity index (χ3v) is 3.06. The second kappa shape index (κ2) is 5.63. The van der Waals surface area contributed by atoms with E-state index in [1.807, 2.05) is 36.4 Å². The molecule has 104 valence electrons. The van der Waals surface area contributed by atoms with Crippen molar-refractivity contribution in [3.05, 3.63) is 70.3 Å². The predicted molar refractivity (Wildman–Crippen MR) is 82.2 cm³/mol. The van der Waals surface area contributed by atoms with E-state index in [4.69, 9.17) is 9.15 Å². The van der Waals surface area contributed by atoms with Gasteiger partial charge >= 0.3 is 0 Å². The zero-order valence-electron chi connectivity index (χ0n) is 11.4. The van der Waals surface area contributed by atoms with Crippen LogP contribution >= 0.6 is 0 Å². The first-order valence-electron chi connectivity index (χ1n) is 6.48. The van der Waals surface area contributed by atoms with Crippen LogP contribution in [0.1, 0.15) is 11.5 Å². The minimum absolute atomic E-state index is 0.279. The van der Waals surface area contributed by atoms with Crippen LogP contribution in [0.5, 0.6) is 5.75 Å². The predicted octanol–water partition coefficient (Wildman–Crippen LogP) is 3.37. The molecule has 21 heavy (non-hydrogen) atoms. The average molecular weight is 279 g/mol. The fraction of sp³-hybridized carbons (Fsp3) is 0.0588. The molecular formula is C17H13NO3. The van der Waals surface area contributed by atoms with Crippen LogP contribution in [0.2, 0.25) is 0 Å². The van der Waals surface area contributed by atoms with E-state index in [0.717, 1.165) is 11.3 Å². The average Bonchev–Trinajstić information content (AvgIpc) is 2.53. The maximum absolute atomic E-state index is 11.9. The molecule has 0 saturated carbocycles. The van der Waals surface area contributed by atoms with Crippen LogP contribution in [-0.2, 0) is 0 Å². The first-order valence-corrected chi connectivity index (χ1v) is 6.48. The zero-order chi connectivity index (χ0) is 14.7. The first-order chi connectivity index (χ1) is 10.3. The second-order valence-corrected chi connectivity index (χ2v) is 4.46. The highest BCUT2D eigenvalue weighted by Gasteiger charge is 2.03. The van der Waals surface area contributed by atoms with Crippen molar-refractivity contribution in [3.63, 3.8) is 0 Å². The van der Waals surface area contributed by atoms with Crippen molar-refractivity contribution in [1.82, 2.24) is 4.98 Å². The Hall–Kier alpha value is -2.88. The fourth-order valence-corrected chi connectivity index (χ4v) is 2.01. The Balaban J connectivity index is 1.97. The number of aromatic nitrogens is 1. The molecule has 0 spiro atoms. The number of para-hydroxylation sites is 1. The molecule has 0 amide bonds. The largest absolute Gasteiger partial charge is 0.497 e. The van der Waals surface area contributed by atoms with Crippen molar-refractivity contribution in [2.75, 3.05) is 7.11 Å². The van der Waals surface area contributed by atoms with E-state index >= 15 is 0 Å². The lowest BCUT2D eigenvalue weighted by Gasteiger charge is -2.00. The molecule has 0 unspecified atom stereocenters. The minimum Gasteiger partial charge on any atom is -0.497 e. The van der Waals surface area contributed by atoms with Crippen molar-refractivity contribution in [2.45, 2.75) is 0 Å². The molecule has 3 aromatic rings. The van der Waals surface area contributed by atoms with Gasteiger partial charge in [-0.3, -0.25) is 4.79 Å². The van der Waals surface area contributed by atoms with Crippen molar-refractivity contribution in [1.29, 1.82) is 0 Å². The molecule has 0 aliphatic carbocycles. The summed E-state index contributed by atoms with van der Waals surface area (Å²) >= 11 is 0. The molecule has 1 aromatic heterocycles. The number of ether oxygens (including phenoxy) is 1. The number of benzene rings is 2. The van der Waals surface area contributed by atoms with Crippen LogP contribution in [0.3, 0.4) is 0 Å². The highest BCUT2D eigenvalue weighted by molar-refractivity contribution is 5.76. The van der Waals surface area contributed by atoms with Gasteiger partial charge in [0.05, 0.1) is 12.5 Å². The normalized spacial score (nSPS) is 11.1. The third kappa shape index (κ3) is 2.84. The summed E-state index contributed by atoms with van der Waals surface area (Å²) in [7, 11) is 1.62. The summed E-state index contributed by atoms with van der Waals surface area (Å²) in [6, 6.07) is 14.6. The van der Waals surface area contributed by atoms with Gasteiger partial charge in [-0.25, -0.2) is 0 Å². The highest BCUT2D eigenvalue weighted by atomic mass is 16.5. The molecule has 0 saturated heterocycles. The van der Waals surface area contributed by atoms with Gasteiger partial charge in [0.1, 0.15) is 11.3 Å². The van der Waals surface area contributed by atoms with Crippen molar-refractivity contribution < 1.29 is 9.15 Å². The van der Waals surface area contributed by atoms with E-state index in [-0.39, 0.29) is 11.4 Å². The van der Waals surface area contributed by atoms with Gasteiger partial charge in [0.25, 0.3) is 5.56 Å². The lowest BCUT2D eigenvalue weighted by Crippen LogP contribution is -2.06. The molecule has 3 rings (SSSR count). The van der Waals surface area contributed by atoms with Crippen LogP contribution in [0, 0.1) is 0 Å². The molecule has 4 heteroatoms. The number of nitrogens with zero attached hydrogens (tertiary/aromatic N) is 1. The van der Waals surface area contributed by atoms with E-state index in [1.54, 1.807) is 31.4 Å². The van der Waals surface area contributed by atoms with E-state index in [0.29, 0.717) is 11.0 Å². The molecule has 4 nitrogen and oxygen atoms in total. The molecule has 0 fully saturated rings. The number of methoxy groups -OCH3 is 1. The van der Waals surface area contributed by atoms with E-state index in [2.05, 4.69) is 4.98 Å². The monoisotopic (exact) mass is 279 g/mol. The summed E-state index contributed by atoms with van der Waals surface area (Å²) in [5.74, 6) is 1.05. The minimum atomic E-state index is -0.290. The van der Waals surface area contributed by atoms with E-state index in [9.17, 15) is 4.79 Å². The quantitative estimate of drug-likeness (QED) is 0.737. The number of hydrogen-bond donors (Lipinski definition) is 0. The maximum Gasteiger partial charge on any atom is 0.284 e. The van der Waals surface area contributed by atoms with Gasteiger partial charge in [0.2, 0.25) is 5.89 Å². The van der Waals surface area contributed by atoms with Gasteiger partial charge in [-0.2, -0.15) is 4.98 Å². The molecule has 0 bridgehead atoms. The smallest absolute Gasteiger partial charge is 0.284 e. The topological polar surface area (TPSA) is 52.3 Å². The van der Waals surface area contributed by atoms with Gasteiger partial charge in [0.15, 0.2) is 0 Å². The molecule has 1 heterocycles. The molecule has 0 N–H and O–H groups in total. The summed E-state index contributed by atoms with van der Waals surface area (Å²) in [6.45, 7) is 0. The summed E-state index contributed by atoms with van der Waals surface area (Å²) < 4.78 is 10.8. The van der Waals surface area contributed by atoms with Crippen LogP contribution in [-0.4, -0.2) is 12.1 Å². The van der Waals surface area contributed by atoms with E-state index < -0.39 is 0 Å². The number of rotatable bonds is 3. The van der Waals surface area contributed by atoms with Crippen molar-refractivity contribution in [3.8, 4) is 5.75 Å². The number of fused-ring (bicyclic) bond motifs is 1. The van der Waals surface area contributed by atoms with Gasteiger partial charge < -0.3 is 9.15 Å².